The number of hydrogen-bond acceptors (Lipinski definition) is 1. The van der Waals surface area contributed by atoms with Crippen molar-refractivity contribution < 1.29 is 4.79 Å². The van der Waals surface area contributed by atoms with E-state index in [4.69, 9.17) is 0 Å². The molecule has 1 N–H and O–H groups in total. The molecule has 0 aromatic carbocycles. The zero-order valence-electron chi connectivity index (χ0n) is 7.23. The lowest BCUT2D eigenvalue weighted by molar-refractivity contribution is -0.111. The number of rotatable bonds is 4. The van der Waals surface area contributed by atoms with Crippen LogP contribution in [0.5, 0.6) is 0 Å². The Bertz CT molecular complexity index is 128. The monoisotopic (exact) mass is 155 g/mol. The molecule has 0 atom stereocenters. The molecule has 1 amide bonds. The summed E-state index contributed by atoms with van der Waals surface area (Å²) in [4.78, 5) is 10.3. The van der Waals surface area contributed by atoms with Gasteiger partial charge in [0.25, 0.3) is 0 Å². The summed E-state index contributed by atoms with van der Waals surface area (Å²) in [6.45, 7) is 2.17. The molecule has 1 rings (SSSR count). The molecule has 1 aliphatic carbocycles. The first-order chi connectivity index (χ1) is 5.33. The lowest BCUT2D eigenvalue weighted by atomic mass is 9.92. The quantitative estimate of drug-likeness (QED) is 0.617. The van der Waals surface area contributed by atoms with Crippen LogP contribution in [-0.4, -0.2) is 11.9 Å². The van der Waals surface area contributed by atoms with Gasteiger partial charge in [0.1, 0.15) is 0 Å². The van der Waals surface area contributed by atoms with Crippen molar-refractivity contribution in [3.8, 4) is 0 Å². The van der Waals surface area contributed by atoms with Crippen LogP contribution in [0.3, 0.4) is 0 Å². The van der Waals surface area contributed by atoms with Gasteiger partial charge >= 0.3 is 0 Å². The van der Waals surface area contributed by atoms with Crippen molar-refractivity contribution in [3.05, 3.63) is 0 Å². The zero-order chi connectivity index (χ0) is 8.16. The molecule has 11 heavy (non-hydrogen) atoms. The molecule has 0 aliphatic heterocycles. The van der Waals surface area contributed by atoms with E-state index in [1.807, 2.05) is 0 Å². The van der Waals surface area contributed by atoms with Crippen LogP contribution in [0.1, 0.15) is 45.4 Å². The first-order valence-corrected chi connectivity index (χ1v) is 4.54. The lowest BCUT2D eigenvalue weighted by Gasteiger charge is -2.27. The standard InChI is InChI=1S/C9H17NO/c1-2-5-9(10-8-11)6-3-4-7-9/h8H,2-7H2,1H3,(H,10,11). The normalized spacial score (nSPS) is 21.5. The van der Waals surface area contributed by atoms with Crippen LogP contribution < -0.4 is 5.32 Å². The van der Waals surface area contributed by atoms with Gasteiger partial charge in [-0.25, -0.2) is 0 Å². The summed E-state index contributed by atoms with van der Waals surface area (Å²) in [6.07, 6.45) is 8.09. The van der Waals surface area contributed by atoms with Crippen LogP contribution in [-0.2, 0) is 4.79 Å². The van der Waals surface area contributed by atoms with Gasteiger partial charge in [-0.3, -0.25) is 4.79 Å². The molecule has 0 aromatic heterocycles. The average Bonchev–Trinajstić information content (AvgIpc) is 2.39. The number of nitrogens with one attached hydrogen (secondary N) is 1. The molecule has 0 radical (unpaired) electrons. The second-order valence-corrected chi connectivity index (χ2v) is 3.50. The van der Waals surface area contributed by atoms with Crippen molar-refractivity contribution in [1.82, 2.24) is 5.32 Å². The largest absolute Gasteiger partial charge is 0.353 e. The first-order valence-electron chi connectivity index (χ1n) is 4.54. The Labute approximate surface area is 68.4 Å². The number of amides is 1. The maximum absolute atomic E-state index is 10.3. The molecule has 2 heteroatoms. The van der Waals surface area contributed by atoms with Crippen LogP contribution >= 0.6 is 0 Å². The van der Waals surface area contributed by atoms with Crippen molar-refractivity contribution >= 4 is 6.41 Å². The number of carbonyl (C=O) groups excluding carboxylic acids is 1. The van der Waals surface area contributed by atoms with Gasteiger partial charge in [0.15, 0.2) is 0 Å². The van der Waals surface area contributed by atoms with Crippen molar-refractivity contribution in [2.75, 3.05) is 0 Å². The van der Waals surface area contributed by atoms with E-state index < -0.39 is 0 Å². The summed E-state index contributed by atoms with van der Waals surface area (Å²) < 4.78 is 0. The highest BCUT2D eigenvalue weighted by Gasteiger charge is 2.31. The van der Waals surface area contributed by atoms with Crippen LogP contribution in [0, 0.1) is 0 Å². The molecule has 1 saturated carbocycles. The fourth-order valence-electron chi connectivity index (χ4n) is 2.12. The summed E-state index contributed by atoms with van der Waals surface area (Å²) in [5.74, 6) is 0. The first kappa shape index (κ1) is 8.57. The van der Waals surface area contributed by atoms with Gasteiger partial charge in [0, 0.05) is 5.54 Å². The lowest BCUT2D eigenvalue weighted by Crippen LogP contribution is -2.41. The highest BCUT2D eigenvalue weighted by atomic mass is 16.1. The van der Waals surface area contributed by atoms with Crippen molar-refractivity contribution in [3.63, 3.8) is 0 Å². The van der Waals surface area contributed by atoms with Crippen molar-refractivity contribution in [2.45, 2.75) is 51.0 Å². The third-order valence-corrected chi connectivity index (χ3v) is 2.65. The molecule has 0 spiro atoms. The minimum absolute atomic E-state index is 0.177. The van der Waals surface area contributed by atoms with Gasteiger partial charge in [-0.2, -0.15) is 0 Å². The maximum Gasteiger partial charge on any atom is 0.207 e. The fraction of sp³-hybridized carbons (Fsp3) is 0.889. The summed E-state index contributed by atoms with van der Waals surface area (Å²) in [5.41, 5.74) is 0.177. The van der Waals surface area contributed by atoms with E-state index >= 15 is 0 Å². The predicted octanol–water partition coefficient (Wildman–Crippen LogP) is 1.85. The number of carbonyl (C=O) groups is 1. The smallest absolute Gasteiger partial charge is 0.207 e. The van der Waals surface area contributed by atoms with Crippen molar-refractivity contribution in [2.24, 2.45) is 0 Å². The molecule has 1 fully saturated rings. The minimum atomic E-state index is 0.177. The second-order valence-electron chi connectivity index (χ2n) is 3.50. The molecule has 0 unspecified atom stereocenters. The maximum atomic E-state index is 10.3. The Kier molecular flexibility index (Phi) is 2.92. The third-order valence-electron chi connectivity index (χ3n) is 2.65. The van der Waals surface area contributed by atoms with Crippen LogP contribution in [0.25, 0.3) is 0 Å². The molecule has 0 bridgehead atoms. The summed E-state index contributed by atoms with van der Waals surface area (Å²) >= 11 is 0. The molecule has 2 nitrogen and oxygen atoms in total. The predicted molar refractivity (Wildman–Crippen MR) is 45.3 cm³/mol. The second kappa shape index (κ2) is 3.74. The van der Waals surface area contributed by atoms with E-state index in [1.165, 1.54) is 32.1 Å². The van der Waals surface area contributed by atoms with E-state index in [-0.39, 0.29) is 5.54 Å². The van der Waals surface area contributed by atoms with Gasteiger partial charge in [-0.05, 0) is 19.3 Å². The molecular weight excluding hydrogens is 138 g/mol. The average molecular weight is 155 g/mol. The van der Waals surface area contributed by atoms with Gasteiger partial charge in [-0.15, -0.1) is 0 Å². The van der Waals surface area contributed by atoms with Crippen molar-refractivity contribution in [1.29, 1.82) is 0 Å². The summed E-state index contributed by atoms with van der Waals surface area (Å²) in [7, 11) is 0. The SMILES string of the molecule is CCCC1(NC=O)CCCC1. The zero-order valence-corrected chi connectivity index (χ0v) is 7.23. The van der Waals surface area contributed by atoms with E-state index in [1.54, 1.807) is 0 Å². The molecule has 0 aromatic rings. The third kappa shape index (κ3) is 1.95. The highest BCUT2D eigenvalue weighted by Crippen LogP contribution is 2.32. The van der Waals surface area contributed by atoms with Gasteiger partial charge in [-0.1, -0.05) is 26.2 Å². The van der Waals surface area contributed by atoms with Crippen LogP contribution in [0.2, 0.25) is 0 Å². The summed E-state index contributed by atoms with van der Waals surface area (Å²) in [6, 6.07) is 0. The Morgan fingerprint density at radius 1 is 1.45 bits per heavy atom. The Balaban J connectivity index is 2.46. The van der Waals surface area contributed by atoms with E-state index in [2.05, 4.69) is 12.2 Å². The Morgan fingerprint density at radius 2 is 2.09 bits per heavy atom. The Morgan fingerprint density at radius 3 is 2.55 bits per heavy atom. The number of hydrogen-bond donors (Lipinski definition) is 1. The van der Waals surface area contributed by atoms with E-state index in [0.29, 0.717) is 0 Å². The van der Waals surface area contributed by atoms with Gasteiger partial charge in [0.05, 0.1) is 0 Å². The summed E-state index contributed by atoms with van der Waals surface area (Å²) in [5, 5.41) is 2.98. The van der Waals surface area contributed by atoms with Gasteiger partial charge < -0.3 is 5.32 Å². The Hall–Kier alpha value is -0.530. The molecule has 64 valence electrons. The van der Waals surface area contributed by atoms with E-state index in [0.717, 1.165) is 12.8 Å². The molecule has 1 aliphatic rings. The fourth-order valence-corrected chi connectivity index (χ4v) is 2.12. The highest BCUT2D eigenvalue weighted by molar-refractivity contribution is 5.48. The molecular formula is C9H17NO. The topological polar surface area (TPSA) is 29.1 Å². The molecule has 0 heterocycles. The minimum Gasteiger partial charge on any atom is -0.353 e. The molecule has 0 saturated heterocycles. The van der Waals surface area contributed by atoms with E-state index in [9.17, 15) is 4.79 Å². The van der Waals surface area contributed by atoms with Crippen LogP contribution in [0.4, 0.5) is 0 Å². The van der Waals surface area contributed by atoms with Gasteiger partial charge in [0.2, 0.25) is 6.41 Å². The van der Waals surface area contributed by atoms with Crippen LogP contribution in [0.15, 0.2) is 0 Å².